The van der Waals surface area contributed by atoms with E-state index in [-0.39, 0.29) is 24.1 Å². The van der Waals surface area contributed by atoms with Crippen LogP contribution in [0.1, 0.15) is 5.69 Å². The quantitative estimate of drug-likeness (QED) is 0.448. The number of hydrogen-bond donors (Lipinski definition) is 0. The highest BCUT2D eigenvalue weighted by atomic mass is 35.5. The summed E-state index contributed by atoms with van der Waals surface area (Å²) in [6.45, 7) is 0.0186. The first kappa shape index (κ1) is 17.5. The number of aromatic nitrogens is 1. The van der Waals surface area contributed by atoms with E-state index in [1.807, 2.05) is 12.1 Å². The fourth-order valence-corrected chi connectivity index (χ4v) is 2.79. The van der Waals surface area contributed by atoms with Gasteiger partial charge < -0.3 is 9.15 Å². The van der Waals surface area contributed by atoms with Crippen molar-refractivity contribution in [3.8, 4) is 11.5 Å². The number of thioether (sulfide) groups is 1. The first-order chi connectivity index (χ1) is 12.1. The van der Waals surface area contributed by atoms with E-state index in [4.69, 9.17) is 20.8 Å². The van der Waals surface area contributed by atoms with E-state index in [2.05, 4.69) is 4.98 Å². The molecule has 0 aliphatic rings. The zero-order valence-electron chi connectivity index (χ0n) is 12.9. The summed E-state index contributed by atoms with van der Waals surface area (Å²) in [5.41, 5.74) is 1.14. The molecule has 0 fully saturated rings. The van der Waals surface area contributed by atoms with Crippen molar-refractivity contribution in [3.63, 3.8) is 0 Å². The summed E-state index contributed by atoms with van der Waals surface area (Å²) in [7, 11) is 0. The summed E-state index contributed by atoms with van der Waals surface area (Å²) in [6, 6.07) is 13.0. The topological polar surface area (TPSA) is 52.3 Å². The molecule has 3 aromatic rings. The van der Waals surface area contributed by atoms with Crippen LogP contribution in [0.25, 0.3) is 11.5 Å². The Bertz CT molecular complexity index is 850. The Morgan fingerprint density at radius 1 is 1.16 bits per heavy atom. The third kappa shape index (κ3) is 5.08. The molecule has 4 nitrogen and oxygen atoms in total. The molecule has 0 radical (unpaired) electrons. The SMILES string of the molecule is O=C(CSc1ccc(Cl)cc1)OCc1coc(-c2ccc(F)cc2)n1. The average molecular weight is 378 g/mol. The fraction of sp³-hybridized carbons (Fsp3) is 0.111. The van der Waals surface area contributed by atoms with E-state index in [1.165, 1.54) is 30.2 Å². The Hall–Kier alpha value is -2.31. The number of rotatable bonds is 6. The van der Waals surface area contributed by atoms with Crippen LogP contribution in [-0.4, -0.2) is 16.7 Å². The maximum atomic E-state index is 12.9. The minimum Gasteiger partial charge on any atom is -0.458 e. The molecule has 0 bridgehead atoms. The Morgan fingerprint density at radius 3 is 2.60 bits per heavy atom. The van der Waals surface area contributed by atoms with E-state index >= 15 is 0 Å². The molecule has 0 unspecified atom stereocenters. The van der Waals surface area contributed by atoms with Crippen LogP contribution in [0.15, 0.2) is 64.1 Å². The number of carbonyl (C=O) groups excluding carboxylic acids is 1. The molecular weight excluding hydrogens is 365 g/mol. The summed E-state index contributed by atoms with van der Waals surface area (Å²) in [6.07, 6.45) is 1.41. The highest BCUT2D eigenvalue weighted by Crippen LogP contribution is 2.21. The molecule has 0 saturated heterocycles. The predicted octanol–water partition coefficient (Wildman–Crippen LogP) is 4.97. The Labute approximate surface area is 153 Å². The van der Waals surface area contributed by atoms with Crippen LogP contribution in [0.5, 0.6) is 0 Å². The summed E-state index contributed by atoms with van der Waals surface area (Å²) < 4.78 is 23.4. The van der Waals surface area contributed by atoms with Crippen molar-refractivity contribution in [1.82, 2.24) is 4.98 Å². The summed E-state index contributed by atoms with van der Waals surface area (Å²) >= 11 is 7.17. The van der Waals surface area contributed by atoms with E-state index in [0.29, 0.717) is 22.2 Å². The molecule has 0 aliphatic heterocycles. The van der Waals surface area contributed by atoms with E-state index in [9.17, 15) is 9.18 Å². The van der Waals surface area contributed by atoms with Crippen molar-refractivity contribution in [2.45, 2.75) is 11.5 Å². The number of oxazole rings is 1. The highest BCUT2D eigenvalue weighted by molar-refractivity contribution is 8.00. The molecule has 0 spiro atoms. The molecule has 25 heavy (non-hydrogen) atoms. The summed E-state index contributed by atoms with van der Waals surface area (Å²) in [5, 5.41) is 0.648. The molecule has 3 rings (SSSR count). The van der Waals surface area contributed by atoms with Gasteiger partial charge in [-0.1, -0.05) is 11.6 Å². The second kappa shape index (κ2) is 8.18. The van der Waals surface area contributed by atoms with Gasteiger partial charge in [0.1, 0.15) is 24.4 Å². The van der Waals surface area contributed by atoms with Crippen molar-refractivity contribution in [3.05, 3.63) is 71.3 Å². The Morgan fingerprint density at radius 2 is 1.88 bits per heavy atom. The molecule has 7 heteroatoms. The number of ether oxygens (including phenoxy) is 1. The van der Waals surface area contributed by atoms with Crippen LogP contribution in [0.3, 0.4) is 0 Å². The molecule has 0 amide bonds. The van der Waals surface area contributed by atoms with Crippen LogP contribution in [-0.2, 0) is 16.1 Å². The second-order valence-corrected chi connectivity index (χ2v) is 6.54. The fourth-order valence-electron chi connectivity index (χ4n) is 1.97. The molecule has 0 atom stereocenters. The summed E-state index contributed by atoms with van der Waals surface area (Å²) in [4.78, 5) is 17.0. The van der Waals surface area contributed by atoms with Crippen LogP contribution in [0.2, 0.25) is 5.02 Å². The number of halogens is 2. The van der Waals surface area contributed by atoms with Crippen LogP contribution < -0.4 is 0 Å². The van der Waals surface area contributed by atoms with Gasteiger partial charge in [-0.2, -0.15) is 0 Å². The summed E-state index contributed by atoms with van der Waals surface area (Å²) in [5.74, 6) is -0.153. The van der Waals surface area contributed by atoms with E-state index in [0.717, 1.165) is 4.90 Å². The van der Waals surface area contributed by atoms with Gasteiger partial charge in [0.2, 0.25) is 5.89 Å². The van der Waals surface area contributed by atoms with Crippen molar-refractivity contribution >= 4 is 29.3 Å². The van der Waals surface area contributed by atoms with E-state index in [1.54, 1.807) is 24.3 Å². The van der Waals surface area contributed by atoms with Crippen molar-refractivity contribution in [2.75, 3.05) is 5.75 Å². The number of benzene rings is 2. The number of hydrogen-bond acceptors (Lipinski definition) is 5. The first-order valence-electron chi connectivity index (χ1n) is 7.34. The highest BCUT2D eigenvalue weighted by Gasteiger charge is 2.10. The van der Waals surface area contributed by atoms with Gasteiger partial charge in [0.05, 0.1) is 5.75 Å². The van der Waals surface area contributed by atoms with Crippen LogP contribution in [0.4, 0.5) is 4.39 Å². The largest absolute Gasteiger partial charge is 0.458 e. The van der Waals surface area contributed by atoms with Gasteiger partial charge in [0.25, 0.3) is 0 Å². The molecule has 2 aromatic carbocycles. The molecule has 0 saturated carbocycles. The van der Waals surface area contributed by atoms with Gasteiger partial charge in [-0.15, -0.1) is 11.8 Å². The minimum atomic E-state index is -0.355. The number of carbonyl (C=O) groups is 1. The van der Waals surface area contributed by atoms with Gasteiger partial charge in [-0.3, -0.25) is 4.79 Å². The van der Waals surface area contributed by atoms with Crippen LogP contribution in [0, 0.1) is 5.82 Å². The van der Waals surface area contributed by atoms with Crippen molar-refractivity contribution in [1.29, 1.82) is 0 Å². The minimum absolute atomic E-state index is 0.0186. The lowest BCUT2D eigenvalue weighted by atomic mass is 10.2. The zero-order valence-corrected chi connectivity index (χ0v) is 14.5. The second-order valence-electron chi connectivity index (χ2n) is 5.05. The third-order valence-corrected chi connectivity index (χ3v) is 4.43. The maximum Gasteiger partial charge on any atom is 0.316 e. The van der Waals surface area contributed by atoms with Crippen molar-refractivity contribution < 1.29 is 18.3 Å². The standard InChI is InChI=1S/C18H13ClFNO3S/c19-13-3-7-16(8-4-13)25-11-17(22)23-9-15-10-24-18(21-15)12-1-5-14(20)6-2-12/h1-8,10H,9,11H2. The van der Waals surface area contributed by atoms with Gasteiger partial charge >= 0.3 is 5.97 Å². The maximum absolute atomic E-state index is 12.9. The first-order valence-corrected chi connectivity index (χ1v) is 8.71. The molecule has 128 valence electrons. The van der Waals surface area contributed by atoms with Gasteiger partial charge in [-0.05, 0) is 48.5 Å². The smallest absolute Gasteiger partial charge is 0.316 e. The number of esters is 1. The van der Waals surface area contributed by atoms with E-state index < -0.39 is 0 Å². The molecule has 0 N–H and O–H groups in total. The van der Waals surface area contributed by atoms with Crippen molar-refractivity contribution in [2.24, 2.45) is 0 Å². The average Bonchev–Trinajstić information content (AvgIpc) is 3.09. The molecule has 1 aromatic heterocycles. The zero-order chi connectivity index (χ0) is 17.6. The van der Waals surface area contributed by atoms with Gasteiger partial charge in [0.15, 0.2) is 0 Å². The molecular formula is C18H13ClFNO3S. The number of nitrogens with zero attached hydrogens (tertiary/aromatic N) is 1. The van der Waals surface area contributed by atoms with Crippen LogP contribution >= 0.6 is 23.4 Å². The Balaban J connectivity index is 1.49. The van der Waals surface area contributed by atoms with Gasteiger partial charge in [-0.25, -0.2) is 9.37 Å². The molecule has 0 aliphatic carbocycles. The van der Waals surface area contributed by atoms with Gasteiger partial charge in [0, 0.05) is 15.5 Å². The monoisotopic (exact) mass is 377 g/mol. The lowest BCUT2D eigenvalue weighted by Gasteiger charge is -2.03. The normalized spacial score (nSPS) is 10.6. The lowest BCUT2D eigenvalue weighted by Crippen LogP contribution is -2.07. The Kier molecular flexibility index (Phi) is 5.73. The lowest BCUT2D eigenvalue weighted by molar-refractivity contribution is -0.141. The third-order valence-electron chi connectivity index (χ3n) is 3.19. The molecule has 1 heterocycles. The predicted molar refractivity (Wildman–Crippen MR) is 93.9 cm³/mol.